The number of halogens is 1. The van der Waals surface area contributed by atoms with Crippen molar-refractivity contribution in [3.05, 3.63) is 17.0 Å². The Kier molecular flexibility index (Phi) is 1.71. The van der Waals surface area contributed by atoms with Gasteiger partial charge in [0.2, 0.25) is 0 Å². The molecule has 0 radical (unpaired) electrons. The normalized spacial score (nSPS) is 13.6. The Morgan fingerprint density at radius 1 is 1.67 bits per heavy atom. The van der Waals surface area contributed by atoms with E-state index in [2.05, 4.69) is 0 Å². The topological polar surface area (TPSA) is 26.0 Å². The minimum absolute atomic E-state index is 0.675. The first-order chi connectivity index (χ1) is 4.20. The third-order valence-electron chi connectivity index (χ3n) is 1.04. The van der Waals surface area contributed by atoms with Crippen LogP contribution in [0.25, 0.3) is 0 Å². The van der Waals surface area contributed by atoms with Crippen LogP contribution in [0.5, 0.6) is 0 Å². The van der Waals surface area contributed by atoms with Crippen LogP contribution in [0.3, 0.4) is 0 Å². The highest BCUT2D eigenvalue weighted by Crippen LogP contribution is 2.26. The summed E-state index contributed by atoms with van der Waals surface area (Å²) in [6.07, 6.45) is -0.882. The summed E-state index contributed by atoms with van der Waals surface area (Å²) in [5.74, 6) is 0. The number of alkyl halides is 1. The van der Waals surface area contributed by atoms with Gasteiger partial charge in [-0.15, -0.1) is 11.3 Å². The van der Waals surface area contributed by atoms with Crippen LogP contribution in [-0.2, 0) is 0 Å². The first-order valence-corrected chi connectivity index (χ1v) is 3.51. The summed E-state index contributed by atoms with van der Waals surface area (Å²) in [5, 5.41) is 0.675. The minimum atomic E-state index is -0.882. The van der Waals surface area contributed by atoms with Crippen molar-refractivity contribution in [2.75, 3.05) is 5.73 Å². The van der Waals surface area contributed by atoms with Gasteiger partial charge in [0, 0.05) is 4.88 Å². The van der Waals surface area contributed by atoms with Gasteiger partial charge in [-0.3, -0.25) is 0 Å². The molecule has 0 amide bonds. The van der Waals surface area contributed by atoms with Gasteiger partial charge in [-0.1, -0.05) is 0 Å². The number of hydrogen-bond acceptors (Lipinski definition) is 2. The number of hydrogen-bond donors (Lipinski definition) is 1. The Hall–Kier alpha value is -0.570. The van der Waals surface area contributed by atoms with Gasteiger partial charge in [-0.05, 0) is 19.1 Å². The van der Waals surface area contributed by atoms with Crippen molar-refractivity contribution in [3.63, 3.8) is 0 Å². The lowest BCUT2D eigenvalue weighted by Crippen LogP contribution is -1.76. The predicted molar refractivity (Wildman–Crippen MR) is 38.3 cm³/mol. The second kappa shape index (κ2) is 2.35. The van der Waals surface area contributed by atoms with Gasteiger partial charge in [0.15, 0.2) is 0 Å². The van der Waals surface area contributed by atoms with Gasteiger partial charge in [-0.2, -0.15) is 0 Å². The fourth-order valence-electron chi connectivity index (χ4n) is 0.582. The smallest absolute Gasteiger partial charge is 0.131 e. The molecule has 1 heterocycles. The van der Waals surface area contributed by atoms with Crippen molar-refractivity contribution in [2.45, 2.75) is 13.1 Å². The summed E-state index contributed by atoms with van der Waals surface area (Å²) in [4.78, 5) is 0.701. The van der Waals surface area contributed by atoms with Gasteiger partial charge in [-0.25, -0.2) is 4.39 Å². The maximum Gasteiger partial charge on any atom is 0.131 e. The van der Waals surface area contributed by atoms with Crippen LogP contribution >= 0.6 is 11.3 Å². The number of anilines is 1. The second-order valence-corrected chi connectivity index (χ2v) is 3.00. The summed E-state index contributed by atoms with van der Waals surface area (Å²) in [6, 6.07) is 3.43. The Bertz CT molecular complexity index is 195. The Morgan fingerprint density at radius 2 is 2.33 bits per heavy atom. The molecule has 0 saturated heterocycles. The van der Waals surface area contributed by atoms with Crippen molar-refractivity contribution in [1.29, 1.82) is 0 Å². The van der Waals surface area contributed by atoms with Crippen molar-refractivity contribution in [1.82, 2.24) is 0 Å². The summed E-state index contributed by atoms with van der Waals surface area (Å²) in [7, 11) is 0. The van der Waals surface area contributed by atoms with Gasteiger partial charge in [0.1, 0.15) is 6.17 Å². The number of nitrogens with two attached hydrogens (primary N) is 1. The van der Waals surface area contributed by atoms with Crippen molar-refractivity contribution in [3.8, 4) is 0 Å². The van der Waals surface area contributed by atoms with Crippen LogP contribution in [-0.4, -0.2) is 0 Å². The maximum absolute atomic E-state index is 12.4. The molecule has 9 heavy (non-hydrogen) atoms. The Balaban J connectivity index is 2.85. The van der Waals surface area contributed by atoms with E-state index in [1.54, 1.807) is 12.1 Å². The molecule has 0 saturated carbocycles. The quantitative estimate of drug-likeness (QED) is 0.645. The first-order valence-electron chi connectivity index (χ1n) is 2.69. The van der Waals surface area contributed by atoms with E-state index in [1.165, 1.54) is 18.3 Å². The highest BCUT2D eigenvalue weighted by molar-refractivity contribution is 7.15. The number of nitrogen functional groups attached to an aromatic ring is 1. The van der Waals surface area contributed by atoms with Gasteiger partial charge in [0.25, 0.3) is 0 Å². The number of thiophene rings is 1. The molecule has 0 aliphatic carbocycles. The molecule has 3 heteroatoms. The zero-order valence-corrected chi connectivity index (χ0v) is 5.91. The predicted octanol–water partition coefficient (Wildman–Crippen LogP) is 2.36. The van der Waals surface area contributed by atoms with Crippen LogP contribution in [0, 0.1) is 0 Å². The summed E-state index contributed by atoms with van der Waals surface area (Å²) >= 11 is 1.30. The molecule has 0 bridgehead atoms. The van der Waals surface area contributed by atoms with Crippen LogP contribution in [0.4, 0.5) is 9.39 Å². The summed E-state index contributed by atoms with van der Waals surface area (Å²) in [6.45, 7) is 1.51. The SMILES string of the molecule is CC(F)c1ccc(N)s1. The fraction of sp³-hybridized carbons (Fsp3) is 0.333. The van der Waals surface area contributed by atoms with E-state index < -0.39 is 6.17 Å². The van der Waals surface area contributed by atoms with Crippen molar-refractivity contribution in [2.24, 2.45) is 0 Å². The monoisotopic (exact) mass is 145 g/mol. The lowest BCUT2D eigenvalue weighted by atomic mass is 10.3. The van der Waals surface area contributed by atoms with Crippen molar-refractivity contribution >= 4 is 16.3 Å². The minimum Gasteiger partial charge on any atom is -0.391 e. The van der Waals surface area contributed by atoms with Gasteiger partial charge < -0.3 is 5.73 Å². The third-order valence-corrected chi connectivity index (χ3v) is 2.11. The van der Waals surface area contributed by atoms with Crippen LogP contribution in [0.15, 0.2) is 12.1 Å². The van der Waals surface area contributed by atoms with Crippen molar-refractivity contribution < 1.29 is 4.39 Å². The summed E-state index contributed by atoms with van der Waals surface area (Å²) < 4.78 is 12.4. The molecule has 0 spiro atoms. The van der Waals surface area contributed by atoms with Gasteiger partial charge in [0.05, 0.1) is 5.00 Å². The van der Waals surface area contributed by atoms with Crippen LogP contribution in [0.2, 0.25) is 0 Å². The fourth-order valence-corrected chi connectivity index (χ4v) is 1.29. The molecule has 1 nitrogen and oxygen atoms in total. The maximum atomic E-state index is 12.4. The summed E-state index contributed by atoms with van der Waals surface area (Å²) in [5.41, 5.74) is 5.37. The molecule has 0 aromatic carbocycles. The third kappa shape index (κ3) is 1.42. The highest BCUT2D eigenvalue weighted by Gasteiger charge is 2.03. The molecule has 1 rings (SSSR count). The molecule has 1 unspecified atom stereocenters. The molecule has 2 N–H and O–H groups in total. The standard InChI is InChI=1S/C6H8FNS/c1-4(7)5-2-3-6(8)9-5/h2-4H,8H2,1H3. The van der Waals surface area contributed by atoms with E-state index >= 15 is 0 Å². The average molecular weight is 145 g/mol. The molecule has 0 fully saturated rings. The van der Waals surface area contributed by atoms with E-state index in [1.807, 2.05) is 0 Å². The highest BCUT2D eigenvalue weighted by atomic mass is 32.1. The zero-order valence-electron chi connectivity index (χ0n) is 5.10. The molecular weight excluding hydrogens is 137 g/mol. The van der Waals surface area contributed by atoms with Crippen LogP contribution in [0.1, 0.15) is 18.0 Å². The molecule has 1 atom stereocenters. The van der Waals surface area contributed by atoms with E-state index in [0.717, 1.165) is 0 Å². The molecule has 0 aliphatic rings. The van der Waals surface area contributed by atoms with E-state index in [9.17, 15) is 4.39 Å². The molecule has 0 aliphatic heterocycles. The Labute approximate surface area is 57.3 Å². The van der Waals surface area contributed by atoms with E-state index in [-0.39, 0.29) is 0 Å². The van der Waals surface area contributed by atoms with E-state index in [4.69, 9.17) is 5.73 Å². The van der Waals surface area contributed by atoms with Crippen LogP contribution < -0.4 is 5.73 Å². The van der Waals surface area contributed by atoms with E-state index in [0.29, 0.717) is 9.88 Å². The lowest BCUT2D eigenvalue weighted by molar-refractivity contribution is 0.380. The average Bonchev–Trinajstić information content (AvgIpc) is 2.14. The molecular formula is C6H8FNS. The lowest BCUT2D eigenvalue weighted by Gasteiger charge is -1.92. The largest absolute Gasteiger partial charge is 0.391 e. The molecule has 50 valence electrons. The first kappa shape index (κ1) is 6.55. The zero-order chi connectivity index (χ0) is 6.85. The Morgan fingerprint density at radius 3 is 2.56 bits per heavy atom. The molecule has 1 aromatic rings. The van der Waals surface area contributed by atoms with Gasteiger partial charge >= 0.3 is 0 Å². The second-order valence-electron chi connectivity index (χ2n) is 1.86. The number of rotatable bonds is 1. The molecule has 1 aromatic heterocycles.